The number of hydrogen-bond donors (Lipinski definition) is 4. The summed E-state index contributed by atoms with van der Waals surface area (Å²) in [4.78, 5) is 0. The maximum absolute atomic E-state index is 13.4. The van der Waals surface area contributed by atoms with E-state index in [2.05, 4.69) is 15.6 Å². The summed E-state index contributed by atoms with van der Waals surface area (Å²) in [5.74, 6) is -0.397. The Hall–Kier alpha value is -1.91. The number of nitrogens with one attached hydrogen (secondary N) is 1. The van der Waals surface area contributed by atoms with Gasteiger partial charge in [-0.2, -0.15) is 0 Å². The van der Waals surface area contributed by atoms with E-state index in [1.54, 1.807) is 12.1 Å². The third-order valence-electron chi connectivity index (χ3n) is 4.23. The normalized spacial score (nSPS) is 29.7. The third-order valence-corrected chi connectivity index (χ3v) is 4.23. The molecule has 8 nitrogen and oxygen atoms in total. The Kier molecular flexibility index (Phi) is 5.40. The lowest BCUT2D eigenvalue weighted by Gasteiger charge is -2.42. The maximum atomic E-state index is 13.4. The molecule has 4 N–H and O–H groups in total. The SMILES string of the molecule is CCNC1O[C@H](CO)[C@H](O)[C@H](n2cc(-c3cccc(F)c3)nn2)[C@H]1O. The number of hydrogen-bond acceptors (Lipinski definition) is 7. The molecular formula is C16H21FN4O4. The second-order valence-electron chi connectivity index (χ2n) is 5.90. The largest absolute Gasteiger partial charge is 0.394 e. The average molecular weight is 352 g/mol. The first-order chi connectivity index (χ1) is 12.0. The van der Waals surface area contributed by atoms with E-state index < -0.39 is 43.0 Å². The van der Waals surface area contributed by atoms with Crippen LogP contribution >= 0.6 is 0 Å². The number of nitrogens with zero attached hydrogens (tertiary/aromatic N) is 3. The van der Waals surface area contributed by atoms with Gasteiger partial charge in [-0.25, -0.2) is 9.07 Å². The van der Waals surface area contributed by atoms with Gasteiger partial charge in [-0.3, -0.25) is 5.32 Å². The van der Waals surface area contributed by atoms with Crippen LogP contribution in [-0.4, -0.2) is 68.0 Å². The van der Waals surface area contributed by atoms with E-state index in [1.165, 1.54) is 23.0 Å². The van der Waals surface area contributed by atoms with Gasteiger partial charge in [0.15, 0.2) is 0 Å². The molecule has 2 heterocycles. The van der Waals surface area contributed by atoms with Crippen LogP contribution in [0.15, 0.2) is 30.5 Å². The molecule has 1 aromatic carbocycles. The molecule has 1 fully saturated rings. The van der Waals surface area contributed by atoms with Gasteiger partial charge in [-0.05, 0) is 18.7 Å². The number of aliphatic hydroxyl groups is 3. The fraction of sp³-hybridized carbons (Fsp3) is 0.500. The minimum absolute atomic E-state index is 0.397. The molecule has 1 aliphatic rings. The molecule has 0 saturated carbocycles. The number of halogens is 1. The predicted molar refractivity (Wildman–Crippen MR) is 85.9 cm³/mol. The lowest BCUT2D eigenvalue weighted by molar-refractivity contribution is -0.213. The summed E-state index contributed by atoms with van der Waals surface area (Å²) in [7, 11) is 0. The highest BCUT2D eigenvalue weighted by molar-refractivity contribution is 5.57. The second-order valence-corrected chi connectivity index (χ2v) is 5.90. The van der Waals surface area contributed by atoms with Crippen LogP contribution in [0, 0.1) is 5.82 Å². The summed E-state index contributed by atoms with van der Waals surface area (Å²) >= 11 is 0. The van der Waals surface area contributed by atoms with Gasteiger partial charge in [0.25, 0.3) is 0 Å². The molecule has 3 rings (SSSR count). The van der Waals surface area contributed by atoms with E-state index in [4.69, 9.17) is 4.74 Å². The van der Waals surface area contributed by atoms with Crippen molar-refractivity contribution in [2.24, 2.45) is 0 Å². The average Bonchev–Trinajstić information content (AvgIpc) is 3.07. The van der Waals surface area contributed by atoms with E-state index in [0.717, 1.165) is 0 Å². The van der Waals surface area contributed by atoms with Crippen molar-refractivity contribution >= 4 is 0 Å². The minimum Gasteiger partial charge on any atom is -0.394 e. The lowest BCUT2D eigenvalue weighted by atomic mass is 9.95. The van der Waals surface area contributed by atoms with Gasteiger partial charge < -0.3 is 20.1 Å². The van der Waals surface area contributed by atoms with Crippen LogP contribution in [-0.2, 0) is 4.74 Å². The Labute approximate surface area is 143 Å². The molecule has 0 bridgehead atoms. The van der Waals surface area contributed by atoms with E-state index in [9.17, 15) is 19.7 Å². The molecule has 1 saturated heterocycles. The fourth-order valence-corrected chi connectivity index (χ4v) is 2.99. The maximum Gasteiger partial charge on any atom is 0.137 e. The lowest BCUT2D eigenvalue weighted by Crippen LogP contribution is -2.60. The van der Waals surface area contributed by atoms with Crippen molar-refractivity contribution in [2.45, 2.75) is 37.5 Å². The van der Waals surface area contributed by atoms with Crippen molar-refractivity contribution in [2.75, 3.05) is 13.2 Å². The zero-order chi connectivity index (χ0) is 18.0. The Morgan fingerprint density at radius 2 is 2.12 bits per heavy atom. The first kappa shape index (κ1) is 17.9. The predicted octanol–water partition coefficient (Wildman–Crippen LogP) is -0.326. The fourth-order valence-electron chi connectivity index (χ4n) is 2.99. The molecule has 2 aromatic rings. The van der Waals surface area contributed by atoms with Gasteiger partial charge in [-0.15, -0.1) is 5.10 Å². The van der Waals surface area contributed by atoms with Gasteiger partial charge in [0.05, 0.1) is 12.8 Å². The van der Waals surface area contributed by atoms with Crippen LogP contribution in [0.1, 0.15) is 13.0 Å². The standard InChI is InChI=1S/C16H21FN4O4/c1-2-18-16-15(24)13(14(23)12(8-22)25-16)21-7-11(19-20-21)9-4-3-5-10(17)6-9/h3-7,12-16,18,22-24H,2,8H2,1H3/t12-,13+,14+,15-,16?/m1/s1. The van der Waals surface area contributed by atoms with Crippen molar-refractivity contribution in [1.29, 1.82) is 0 Å². The van der Waals surface area contributed by atoms with Gasteiger partial charge >= 0.3 is 0 Å². The molecule has 0 aliphatic carbocycles. The van der Waals surface area contributed by atoms with Crippen LogP contribution in [0.2, 0.25) is 0 Å². The van der Waals surface area contributed by atoms with E-state index >= 15 is 0 Å². The van der Waals surface area contributed by atoms with Crippen LogP contribution in [0.4, 0.5) is 4.39 Å². The van der Waals surface area contributed by atoms with Crippen molar-refractivity contribution in [1.82, 2.24) is 20.3 Å². The van der Waals surface area contributed by atoms with E-state index in [-0.39, 0.29) is 0 Å². The molecule has 9 heteroatoms. The zero-order valence-electron chi connectivity index (χ0n) is 13.7. The quantitative estimate of drug-likeness (QED) is 0.583. The number of likely N-dealkylation sites (N-methyl/N-ethyl adjacent to an activating group) is 1. The smallest absolute Gasteiger partial charge is 0.137 e. The summed E-state index contributed by atoms with van der Waals surface area (Å²) in [6.07, 6.45) is -2.41. The summed E-state index contributed by atoms with van der Waals surface area (Å²) in [6, 6.07) is 5.03. The molecule has 0 spiro atoms. The molecule has 136 valence electrons. The van der Waals surface area contributed by atoms with E-state index in [0.29, 0.717) is 17.8 Å². The zero-order valence-corrected chi connectivity index (χ0v) is 13.7. The number of benzene rings is 1. The monoisotopic (exact) mass is 352 g/mol. The highest BCUT2D eigenvalue weighted by Crippen LogP contribution is 2.30. The molecule has 5 atom stereocenters. The number of rotatable bonds is 5. The van der Waals surface area contributed by atoms with Gasteiger partial charge in [0, 0.05) is 5.56 Å². The molecule has 25 heavy (non-hydrogen) atoms. The van der Waals surface area contributed by atoms with Crippen LogP contribution < -0.4 is 5.32 Å². The highest BCUT2D eigenvalue weighted by Gasteiger charge is 2.45. The number of aliphatic hydroxyl groups excluding tert-OH is 3. The Bertz CT molecular complexity index is 713. The number of ether oxygens (including phenoxy) is 1. The van der Waals surface area contributed by atoms with Crippen LogP contribution in [0.25, 0.3) is 11.3 Å². The van der Waals surface area contributed by atoms with Gasteiger partial charge in [-0.1, -0.05) is 24.3 Å². The summed E-state index contributed by atoms with van der Waals surface area (Å²) in [5.41, 5.74) is 0.940. The van der Waals surface area contributed by atoms with Crippen LogP contribution in [0.3, 0.4) is 0 Å². The van der Waals surface area contributed by atoms with Crippen molar-refractivity contribution in [3.63, 3.8) is 0 Å². The summed E-state index contributed by atoms with van der Waals surface area (Å²) in [6.45, 7) is 1.98. The molecule has 1 aromatic heterocycles. The Morgan fingerprint density at radius 1 is 1.32 bits per heavy atom. The van der Waals surface area contributed by atoms with E-state index in [1.807, 2.05) is 6.92 Å². The van der Waals surface area contributed by atoms with Crippen LogP contribution in [0.5, 0.6) is 0 Å². The first-order valence-corrected chi connectivity index (χ1v) is 8.08. The highest BCUT2D eigenvalue weighted by atomic mass is 19.1. The molecule has 1 unspecified atom stereocenters. The second kappa shape index (κ2) is 7.54. The Balaban J connectivity index is 1.90. The first-order valence-electron chi connectivity index (χ1n) is 8.08. The minimum atomic E-state index is -1.18. The van der Waals surface area contributed by atoms with Crippen molar-refractivity contribution in [3.8, 4) is 11.3 Å². The Morgan fingerprint density at radius 3 is 2.80 bits per heavy atom. The molecule has 1 aliphatic heterocycles. The topological polar surface area (TPSA) is 113 Å². The van der Waals surface area contributed by atoms with Gasteiger partial charge in [0.1, 0.15) is 42.1 Å². The summed E-state index contributed by atoms with van der Waals surface area (Å²) in [5, 5.41) is 41.3. The number of aromatic nitrogens is 3. The van der Waals surface area contributed by atoms with Crippen molar-refractivity contribution < 1.29 is 24.4 Å². The molecule has 0 radical (unpaired) electrons. The third kappa shape index (κ3) is 3.55. The molecule has 0 amide bonds. The summed E-state index contributed by atoms with van der Waals surface area (Å²) < 4.78 is 20.2. The van der Waals surface area contributed by atoms with Crippen molar-refractivity contribution in [3.05, 3.63) is 36.3 Å². The molecular weight excluding hydrogens is 331 g/mol. The van der Waals surface area contributed by atoms with Gasteiger partial charge in [0.2, 0.25) is 0 Å².